The fraction of sp³-hybridized carbons (Fsp3) is 0.375. The Balaban J connectivity index is 1.52. The smallest absolute Gasteiger partial charge is 0.278 e. The second-order valence-corrected chi connectivity index (χ2v) is 10.5. The summed E-state index contributed by atoms with van der Waals surface area (Å²) < 4.78 is 27.8. The highest BCUT2D eigenvalue weighted by Crippen LogP contribution is 2.22. The van der Waals surface area contributed by atoms with Gasteiger partial charge in [0.1, 0.15) is 0 Å². The van der Waals surface area contributed by atoms with Crippen LogP contribution in [0.1, 0.15) is 34.2 Å². The minimum absolute atomic E-state index is 0.158. The zero-order valence-corrected chi connectivity index (χ0v) is 20.8. The lowest BCUT2D eigenvalue weighted by Crippen LogP contribution is -2.48. The molecular weight excluding hydrogens is 452 g/mol. The number of aryl methyl sites for hydroxylation is 3. The Morgan fingerprint density at radius 2 is 1.74 bits per heavy atom. The Morgan fingerprint density at radius 3 is 2.41 bits per heavy atom. The number of aromatic nitrogens is 3. The molecule has 0 unspecified atom stereocenters. The quantitative estimate of drug-likeness (QED) is 0.580. The molecule has 0 radical (unpaired) electrons. The van der Waals surface area contributed by atoms with E-state index in [1.807, 2.05) is 32.0 Å². The molecule has 1 aromatic heterocycles. The molecule has 2 heterocycles. The van der Waals surface area contributed by atoms with Crippen LogP contribution in [0, 0.1) is 20.8 Å². The Bertz CT molecular complexity index is 1310. The van der Waals surface area contributed by atoms with Crippen molar-refractivity contribution in [3.8, 4) is 5.69 Å². The van der Waals surface area contributed by atoms with Crippen LogP contribution >= 0.6 is 0 Å². The average molecular weight is 483 g/mol. The second-order valence-electron chi connectivity index (χ2n) is 8.53. The summed E-state index contributed by atoms with van der Waals surface area (Å²) in [6.45, 7) is 11.0. The van der Waals surface area contributed by atoms with Gasteiger partial charge >= 0.3 is 0 Å². The number of carbonyl (C=O) groups excluding carboxylic acids is 1. The van der Waals surface area contributed by atoms with Gasteiger partial charge in [0.25, 0.3) is 5.91 Å². The van der Waals surface area contributed by atoms with Crippen LogP contribution in [0.15, 0.2) is 47.4 Å². The van der Waals surface area contributed by atoms with Crippen molar-refractivity contribution in [3.05, 3.63) is 65.0 Å². The number of carbonyl (C=O) groups is 1. The van der Waals surface area contributed by atoms with E-state index in [1.165, 1.54) is 15.2 Å². The molecule has 10 heteroatoms. The molecule has 2 aromatic carbocycles. The Hall–Kier alpha value is -3.08. The highest BCUT2D eigenvalue weighted by molar-refractivity contribution is 7.89. The maximum absolute atomic E-state index is 13.1. The molecule has 4 rings (SSSR count). The van der Waals surface area contributed by atoms with Crippen LogP contribution < -0.4 is 5.32 Å². The van der Waals surface area contributed by atoms with Gasteiger partial charge in [-0.3, -0.25) is 4.79 Å². The summed E-state index contributed by atoms with van der Waals surface area (Å²) >= 11 is 0. The molecule has 1 N–H and O–H groups in total. The molecule has 0 aliphatic carbocycles. The number of rotatable bonds is 6. The number of hydrogen-bond donors (Lipinski definition) is 1. The summed E-state index contributed by atoms with van der Waals surface area (Å²) in [6, 6.07) is 12.2. The van der Waals surface area contributed by atoms with E-state index in [9.17, 15) is 13.2 Å². The third-order valence-electron chi connectivity index (χ3n) is 6.07. The van der Waals surface area contributed by atoms with Crippen molar-refractivity contribution < 1.29 is 13.2 Å². The molecule has 0 atom stereocenters. The average Bonchev–Trinajstić information content (AvgIpc) is 3.20. The minimum atomic E-state index is -3.64. The van der Waals surface area contributed by atoms with Crippen molar-refractivity contribution in [2.75, 3.05) is 38.0 Å². The maximum Gasteiger partial charge on any atom is 0.278 e. The first-order valence-electron chi connectivity index (χ1n) is 11.3. The lowest BCUT2D eigenvalue weighted by atomic mass is 10.1. The van der Waals surface area contributed by atoms with E-state index in [0.29, 0.717) is 37.6 Å². The number of nitrogens with zero attached hydrogens (tertiary/aromatic N) is 5. The standard InChI is InChI=1S/C24H30N6O3S/c1-5-28-11-13-29(14-12-28)34(32,33)21-8-6-7-20(16-21)25-24(31)23-19(4)26-30(27-23)22-10-9-17(2)15-18(22)3/h6-10,15-16H,5,11-14H2,1-4H3,(H,25,31). The van der Waals surface area contributed by atoms with E-state index in [0.717, 1.165) is 23.4 Å². The summed E-state index contributed by atoms with van der Waals surface area (Å²) in [5.41, 5.74) is 3.98. The van der Waals surface area contributed by atoms with E-state index < -0.39 is 15.9 Å². The van der Waals surface area contributed by atoms with E-state index in [2.05, 4.69) is 27.3 Å². The van der Waals surface area contributed by atoms with Crippen LogP contribution in [-0.4, -0.2) is 71.2 Å². The number of anilines is 1. The molecule has 1 fully saturated rings. The number of nitrogens with one attached hydrogen (secondary N) is 1. The molecule has 3 aromatic rings. The monoisotopic (exact) mass is 482 g/mol. The van der Waals surface area contributed by atoms with Crippen LogP contribution in [0.25, 0.3) is 5.69 Å². The number of benzene rings is 2. The largest absolute Gasteiger partial charge is 0.320 e. The molecule has 1 saturated heterocycles. The maximum atomic E-state index is 13.1. The fourth-order valence-electron chi connectivity index (χ4n) is 4.09. The van der Waals surface area contributed by atoms with Crippen LogP contribution in [0.3, 0.4) is 0 Å². The SMILES string of the molecule is CCN1CCN(S(=O)(=O)c2cccc(NC(=O)c3nn(-c4ccc(C)cc4C)nc3C)c2)CC1. The van der Waals surface area contributed by atoms with E-state index in [1.54, 1.807) is 25.1 Å². The third kappa shape index (κ3) is 4.89. The fourth-order valence-corrected chi connectivity index (χ4v) is 5.55. The molecule has 1 amide bonds. The normalized spacial score (nSPS) is 15.4. The summed E-state index contributed by atoms with van der Waals surface area (Å²) in [6.07, 6.45) is 0. The summed E-state index contributed by atoms with van der Waals surface area (Å²) in [7, 11) is -3.64. The van der Waals surface area contributed by atoms with Gasteiger partial charge in [-0.25, -0.2) is 8.42 Å². The molecule has 1 aliphatic heterocycles. The Labute approximate surface area is 200 Å². The summed E-state index contributed by atoms with van der Waals surface area (Å²) in [4.78, 5) is 16.8. The van der Waals surface area contributed by atoms with Crippen molar-refractivity contribution in [1.82, 2.24) is 24.2 Å². The Kier molecular flexibility index (Phi) is 6.83. The van der Waals surface area contributed by atoms with Gasteiger partial charge in [0.2, 0.25) is 10.0 Å². The number of likely N-dealkylation sites (N-methyl/N-ethyl adjacent to an activating group) is 1. The van der Waals surface area contributed by atoms with Crippen molar-refractivity contribution in [2.24, 2.45) is 0 Å². The van der Waals surface area contributed by atoms with Gasteiger partial charge in [0, 0.05) is 31.9 Å². The molecule has 34 heavy (non-hydrogen) atoms. The van der Waals surface area contributed by atoms with Crippen LogP contribution in [0.2, 0.25) is 0 Å². The number of sulfonamides is 1. The van der Waals surface area contributed by atoms with E-state index in [-0.39, 0.29) is 10.6 Å². The van der Waals surface area contributed by atoms with Crippen molar-refractivity contribution in [2.45, 2.75) is 32.6 Å². The van der Waals surface area contributed by atoms with Crippen molar-refractivity contribution in [1.29, 1.82) is 0 Å². The first-order chi connectivity index (χ1) is 16.2. The molecule has 180 valence electrons. The molecule has 0 spiro atoms. The lowest BCUT2D eigenvalue weighted by Gasteiger charge is -2.33. The summed E-state index contributed by atoms with van der Waals surface area (Å²) in [5.74, 6) is -0.445. The second kappa shape index (κ2) is 9.65. The molecule has 0 bridgehead atoms. The van der Waals surface area contributed by atoms with Crippen molar-refractivity contribution in [3.63, 3.8) is 0 Å². The number of amides is 1. The molecular formula is C24H30N6O3S. The minimum Gasteiger partial charge on any atom is -0.320 e. The van der Waals surface area contributed by atoms with Gasteiger partial charge in [0.15, 0.2) is 5.69 Å². The van der Waals surface area contributed by atoms with E-state index in [4.69, 9.17) is 0 Å². The van der Waals surface area contributed by atoms with Gasteiger partial charge in [-0.15, -0.1) is 5.10 Å². The van der Waals surface area contributed by atoms with Crippen molar-refractivity contribution >= 4 is 21.6 Å². The van der Waals surface area contributed by atoms with E-state index >= 15 is 0 Å². The predicted molar refractivity (Wildman–Crippen MR) is 131 cm³/mol. The van der Waals surface area contributed by atoms with Gasteiger partial charge in [-0.05, 0) is 57.1 Å². The first-order valence-corrected chi connectivity index (χ1v) is 12.8. The number of hydrogen-bond acceptors (Lipinski definition) is 6. The molecule has 9 nitrogen and oxygen atoms in total. The number of piperazine rings is 1. The van der Waals surface area contributed by atoms with Gasteiger partial charge in [-0.1, -0.05) is 30.7 Å². The molecule has 1 aliphatic rings. The third-order valence-corrected chi connectivity index (χ3v) is 7.97. The zero-order chi connectivity index (χ0) is 24.5. The van der Waals surface area contributed by atoms with Crippen LogP contribution in [0.4, 0.5) is 5.69 Å². The Morgan fingerprint density at radius 1 is 1.00 bits per heavy atom. The van der Waals surface area contributed by atoms with Gasteiger partial charge < -0.3 is 10.2 Å². The summed E-state index contributed by atoms with van der Waals surface area (Å²) in [5, 5.41) is 11.6. The van der Waals surface area contributed by atoms with Gasteiger partial charge in [-0.2, -0.15) is 14.2 Å². The van der Waals surface area contributed by atoms with Gasteiger partial charge in [0.05, 0.1) is 16.3 Å². The van der Waals surface area contributed by atoms with Crippen LogP contribution in [0.5, 0.6) is 0 Å². The van der Waals surface area contributed by atoms with Crippen LogP contribution in [-0.2, 0) is 10.0 Å². The predicted octanol–water partition coefficient (Wildman–Crippen LogP) is 2.77. The zero-order valence-electron chi connectivity index (χ0n) is 19.9. The molecule has 0 saturated carbocycles. The highest BCUT2D eigenvalue weighted by Gasteiger charge is 2.28. The highest BCUT2D eigenvalue weighted by atomic mass is 32.2. The topological polar surface area (TPSA) is 100 Å². The lowest BCUT2D eigenvalue weighted by molar-refractivity contribution is 0.102. The first kappa shape index (κ1) is 24.1.